The number of halogens is 3. The van der Waals surface area contributed by atoms with Gasteiger partial charge in [-0.05, 0) is 18.6 Å². The number of fused-ring (bicyclic) bond motifs is 1. The minimum Gasteiger partial charge on any atom is -0.423 e. The molecular formula is C17H15ClF2N4O3. The molecule has 0 spiro atoms. The van der Waals surface area contributed by atoms with Crippen molar-refractivity contribution in [3.05, 3.63) is 41.7 Å². The van der Waals surface area contributed by atoms with Crippen LogP contribution in [0, 0.1) is 0 Å². The van der Waals surface area contributed by atoms with Crippen LogP contribution in [-0.4, -0.2) is 52.2 Å². The zero-order chi connectivity index (χ0) is 19.2. The molecule has 27 heavy (non-hydrogen) atoms. The summed E-state index contributed by atoms with van der Waals surface area (Å²) in [5.41, 5.74) is 0.149. The number of anilines is 1. The molecule has 1 aromatic heterocycles. The van der Waals surface area contributed by atoms with Crippen LogP contribution in [0.25, 0.3) is 0 Å². The second kappa shape index (κ2) is 6.49. The van der Waals surface area contributed by atoms with Crippen LogP contribution in [0.1, 0.15) is 12.5 Å². The molecule has 2 aliphatic rings. The number of carbonyl (C=O) groups is 2. The van der Waals surface area contributed by atoms with Gasteiger partial charge in [0.2, 0.25) is 5.91 Å². The zero-order valence-electron chi connectivity index (χ0n) is 14.0. The van der Waals surface area contributed by atoms with Crippen LogP contribution in [0.15, 0.2) is 36.7 Å². The predicted octanol–water partition coefficient (Wildman–Crippen LogP) is 2.33. The maximum Gasteiger partial charge on any atom is 0.482 e. The molecule has 0 aliphatic carbocycles. The van der Waals surface area contributed by atoms with Gasteiger partial charge in [-0.3, -0.25) is 19.2 Å². The Morgan fingerprint density at radius 1 is 1.37 bits per heavy atom. The standard InChI is InChI=1S/C17H15ClF2N4O3/c18-11-7-21-24(8-11)12-5-6-22(9-12)15(25)10-23-13-3-1-2-4-14(13)27-17(19,20)16(23)26/h1-4,7-8,12H,5-6,9-10H2. The van der Waals surface area contributed by atoms with Crippen molar-refractivity contribution in [2.45, 2.75) is 18.6 Å². The van der Waals surface area contributed by atoms with Crippen molar-refractivity contribution in [2.75, 3.05) is 24.5 Å². The fourth-order valence-electron chi connectivity index (χ4n) is 3.31. The molecule has 0 bridgehead atoms. The molecule has 10 heteroatoms. The van der Waals surface area contributed by atoms with E-state index in [2.05, 4.69) is 9.84 Å². The fourth-order valence-corrected chi connectivity index (χ4v) is 3.45. The first-order valence-corrected chi connectivity index (χ1v) is 8.68. The van der Waals surface area contributed by atoms with Crippen LogP contribution in [0.3, 0.4) is 0 Å². The van der Waals surface area contributed by atoms with Gasteiger partial charge in [-0.1, -0.05) is 23.7 Å². The van der Waals surface area contributed by atoms with E-state index in [4.69, 9.17) is 11.6 Å². The van der Waals surface area contributed by atoms with Gasteiger partial charge >= 0.3 is 12.0 Å². The normalized spacial score (nSPS) is 21.1. The molecule has 3 heterocycles. The Balaban J connectivity index is 1.50. The number of benzene rings is 1. The topological polar surface area (TPSA) is 67.7 Å². The highest BCUT2D eigenvalue weighted by molar-refractivity contribution is 6.30. The fraction of sp³-hybridized carbons (Fsp3) is 0.353. The Bertz CT molecular complexity index is 904. The molecule has 2 aromatic rings. The molecular weight excluding hydrogens is 382 g/mol. The van der Waals surface area contributed by atoms with Crippen LogP contribution in [0.4, 0.5) is 14.5 Å². The van der Waals surface area contributed by atoms with Gasteiger partial charge in [0.05, 0.1) is 22.9 Å². The van der Waals surface area contributed by atoms with Gasteiger partial charge < -0.3 is 9.64 Å². The van der Waals surface area contributed by atoms with E-state index in [1.54, 1.807) is 16.9 Å². The lowest BCUT2D eigenvalue weighted by Crippen LogP contribution is -2.53. The largest absolute Gasteiger partial charge is 0.482 e. The Labute approximate surface area is 158 Å². The molecule has 4 rings (SSSR count). The number of ether oxygens (including phenoxy) is 1. The summed E-state index contributed by atoms with van der Waals surface area (Å²) in [6, 6.07) is 5.86. The molecule has 0 saturated carbocycles. The van der Waals surface area contributed by atoms with Crippen molar-refractivity contribution in [3.63, 3.8) is 0 Å². The first kappa shape index (κ1) is 17.7. The van der Waals surface area contributed by atoms with Crippen molar-refractivity contribution >= 4 is 29.1 Å². The van der Waals surface area contributed by atoms with Gasteiger partial charge in [0, 0.05) is 19.3 Å². The maximum atomic E-state index is 13.9. The van der Waals surface area contributed by atoms with E-state index < -0.39 is 24.5 Å². The summed E-state index contributed by atoms with van der Waals surface area (Å²) >= 11 is 5.87. The summed E-state index contributed by atoms with van der Waals surface area (Å²) < 4.78 is 33.9. The van der Waals surface area contributed by atoms with Crippen LogP contribution >= 0.6 is 11.6 Å². The molecule has 1 fully saturated rings. The zero-order valence-corrected chi connectivity index (χ0v) is 14.8. The third-order valence-corrected chi connectivity index (χ3v) is 4.84. The highest BCUT2D eigenvalue weighted by Crippen LogP contribution is 2.39. The van der Waals surface area contributed by atoms with Crippen molar-refractivity contribution in [3.8, 4) is 5.75 Å². The molecule has 1 saturated heterocycles. The number of hydrogen-bond donors (Lipinski definition) is 0. The number of rotatable bonds is 3. The lowest BCUT2D eigenvalue weighted by Gasteiger charge is -2.33. The number of nitrogens with zero attached hydrogens (tertiary/aromatic N) is 4. The van der Waals surface area contributed by atoms with Crippen molar-refractivity contribution < 1.29 is 23.1 Å². The average molecular weight is 397 g/mol. The number of hydrogen-bond acceptors (Lipinski definition) is 4. The van der Waals surface area contributed by atoms with Crippen molar-refractivity contribution in [1.29, 1.82) is 0 Å². The number of carbonyl (C=O) groups excluding carboxylic acids is 2. The molecule has 1 unspecified atom stereocenters. The van der Waals surface area contributed by atoms with E-state index >= 15 is 0 Å². The van der Waals surface area contributed by atoms with Gasteiger partial charge in [-0.25, -0.2) is 0 Å². The lowest BCUT2D eigenvalue weighted by atomic mass is 10.2. The summed E-state index contributed by atoms with van der Waals surface area (Å²) in [5.74, 6) is -2.11. The lowest BCUT2D eigenvalue weighted by molar-refractivity contribution is -0.193. The molecule has 142 valence electrons. The molecule has 0 N–H and O–H groups in total. The van der Waals surface area contributed by atoms with Gasteiger partial charge in [-0.2, -0.15) is 13.9 Å². The highest BCUT2D eigenvalue weighted by Gasteiger charge is 2.51. The van der Waals surface area contributed by atoms with Gasteiger partial charge in [0.25, 0.3) is 0 Å². The molecule has 2 aliphatic heterocycles. The van der Waals surface area contributed by atoms with E-state index in [0.29, 0.717) is 24.5 Å². The second-order valence-electron chi connectivity index (χ2n) is 6.40. The van der Waals surface area contributed by atoms with Crippen molar-refractivity contribution in [2.24, 2.45) is 0 Å². The number of amides is 2. The van der Waals surface area contributed by atoms with Gasteiger partial charge in [0.15, 0.2) is 5.75 Å². The van der Waals surface area contributed by atoms with E-state index in [1.807, 2.05) is 0 Å². The third-order valence-electron chi connectivity index (χ3n) is 4.64. The Hall–Kier alpha value is -2.68. The molecule has 7 nitrogen and oxygen atoms in total. The van der Waals surface area contributed by atoms with Crippen molar-refractivity contribution in [1.82, 2.24) is 14.7 Å². The highest BCUT2D eigenvalue weighted by atomic mass is 35.5. The minimum atomic E-state index is -4.01. The smallest absolute Gasteiger partial charge is 0.423 e. The molecule has 1 atom stereocenters. The Morgan fingerprint density at radius 3 is 2.89 bits per heavy atom. The summed E-state index contributed by atoms with van der Waals surface area (Å²) in [4.78, 5) is 27.1. The van der Waals surface area contributed by atoms with Gasteiger partial charge in [0.1, 0.15) is 6.54 Å². The summed E-state index contributed by atoms with van der Waals surface area (Å²) in [7, 11) is 0. The number of alkyl halides is 2. The monoisotopic (exact) mass is 396 g/mol. The summed E-state index contributed by atoms with van der Waals surface area (Å²) in [5, 5.41) is 4.63. The molecule has 1 aromatic carbocycles. The van der Waals surface area contributed by atoms with E-state index in [1.165, 1.54) is 29.3 Å². The van der Waals surface area contributed by atoms with Crippen LogP contribution < -0.4 is 9.64 Å². The SMILES string of the molecule is O=C(CN1C(=O)C(F)(F)Oc2ccccc21)N1CCC(n2cc(Cl)cn2)C1. The summed E-state index contributed by atoms with van der Waals surface area (Å²) in [6.07, 6.45) is -0.165. The quantitative estimate of drug-likeness (QED) is 0.798. The van der Waals surface area contributed by atoms with Crippen LogP contribution in [0.2, 0.25) is 5.02 Å². The van der Waals surface area contributed by atoms with E-state index in [-0.39, 0.29) is 17.5 Å². The summed E-state index contributed by atoms with van der Waals surface area (Å²) in [6.45, 7) is 0.326. The molecule has 2 amide bonds. The Kier molecular flexibility index (Phi) is 4.26. The van der Waals surface area contributed by atoms with Gasteiger partial charge in [-0.15, -0.1) is 0 Å². The van der Waals surface area contributed by atoms with Crippen LogP contribution in [0.5, 0.6) is 5.75 Å². The van der Waals surface area contributed by atoms with E-state index in [0.717, 1.165) is 4.90 Å². The molecule has 0 radical (unpaired) electrons. The first-order chi connectivity index (χ1) is 12.8. The predicted molar refractivity (Wildman–Crippen MR) is 91.8 cm³/mol. The number of para-hydroxylation sites is 2. The number of aromatic nitrogens is 2. The maximum absolute atomic E-state index is 13.9. The average Bonchev–Trinajstić information content (AvgIpc) is 3.27. The minimum absolute atomic E-state index is 0.0458. The third kappa shape index (κ3) is 3.23. The van der Waals surface area contributed by atoms with Crippen LogP contribution in [-0.2, 0) is 9.59 Å². The first-order valence-electron chi connectivity index (χ1n) is 8.30. The number of likely N-dealkylation sites (tertiary alicyclic amines) is 1. The Morgan fingerprint density at radius 2 is 2.15 bits per heavy atom. The van der Waals surface area contributed by atoms with E-state index in [9.17, 15) is 18.4 Å². The second-order valence-corrected chi connectivity index (χ2v) is 6.84.